The average Bonchev–Trinajstić information content (AvgIpc) is 3.12. The van der Waals surface area contributed by atoms with Gasteiger partial charge in [0, 0.05) is 10.0 Å². The molecule has 0 bridgehead atoms. The van der Waals surface area contributed by atoms with E-state index in [1.807, 2.05) is 5.43 Å². The summed E-state index contributed by atoms with van der Waals surface area (Å²) >= 11 is 6.38. The van der Waals surface area contributed by atoms with Crippen molar-refractivity contribution in [3.05, 3.63) is 74.4 Å². The Labute approximate surface area is 179 Å². The minimum atomic E-state index is -4.82. The lowest BCUT2D eigenvalue weighted by Crippen LogP contribution is -2.23. The van der Waals surface area contributed by atoms with Crippen LogP contribution in [0.15, 0.2) is 62.7 Å². The third kappa shape index (κ3) is 4.67. The van der Waals surface area contributed by atoms with E-state index in [2.05, 4.69) is 42.1 Å². The van der Waals surface area contributed by atoms with Crippen molar-refractivity contribution in [3.63, 3.8) is 0 Å². The van der Waals surface area contributed by atoms with Crippen molar-refractivity contribution in [1.82, 2.24) is 15.2 Å². The highest BCUT2D eigenvalue weighted by Gasteiger charge is 2.40. The van der Waals surface area contributed by atoms with Gasteiger partial charge in [-0.05, 0) is 40.2 Å². The van der Waals surface area contributed by atoms with Gasteiger partial charge >= 0.3 is 6.18 Å². The van der Waals surface area contributed by atoms with E-state index >= 15 is 0 Å². The summed E-state index contributed by atoms with van der Waals surface area (Å²) in [5.41, 5.74) is 0.523. The molecule has 2 N–H and O–H groups in total. The lowest BCUT2D eigenvalue weighted by atomic mass is 10.2. The van der Waals surface area contributed by atoms with Gasteiger partial charge in [-0.3, -0.25) is 4.79 Å². The summed E-state index contributed by atoms with van der Waals surface area (Å²) in [6.45, 7) is 0. The zero-order chi connectivity index (χ0) is 21.2. The molecule has 29 heavy (non-hydrogen) atoms. The zero-order valence-corrected chi connectivity index (χ0v) is 17.5. The molecule has 1 heterocycles. The Morgan fingerprint density at radius 1 is 1.21 bits per heavy atom. The number of alkyl halides is 3. The molecule has 0 unspecified atom stereocenters. The van der Waals surface area contributed by atoms with Gasteiger partial charge in [-0.2, -0.15) is 23.4 Å². The number of benzene rings is 2. The Balaban J connectivity index is 1.90. The minimum Gasteiger partial charge on any atom is -0.506 e. The number of aromatic hydroxyl groups is 1. The molecule has 1 amide bonds. The van der Waals surface area contributed by atoms with Gasteiger partial charge in [-0.1, -0.05) is 34.1 Å². The number of carbonyl (C=O) groups is 1. The first-order valence-corrected chi connectivity index (χ1v) is 9.49. The minimum absolute atomic E-state index is 0.140. The van der Waals surface area contributed by atoms with Crippen LogP contribution in [0.25, 0.3) is 5.69 Å². The summed E-state index contributed by atoms with van der Waals surface area (Å²) < 4.78 is 42.4. The van der Waals surface area contributed by atoms with E-state index in [1.165, 1.54) is 18.2 Å². The Bertz CT molecular complexity index is 1080. The number of hydrogen-bond acceptors (Lipinski definition) is 4. The standard InChI is InChI=1S/C18H11Br2F3N4O2/c19-11-6-10(15(28)14(20)7-11)8-24-26-17(29)13-9-25-27(16(13)18(21,22)23)12-4-2-1-3-5-12/h1-9,28H,(H,26,29)/b24-8-. The molecule has 0 fully saturated rings. The Kier molecular flexibility index (Phi) is 6.08. The molecule has 0 aliphatic heterocycles. The summed E-state index contributed by atoms with van der Waals surface area (Å²) in [4.78, 5) is 12.3. The van der Waals surface area contributed by atoms with Crippen molar-refractivity contribution in [1.29, 1.82) is 0 Å². The predicted octanol–water partition coefficient (Wildman–Crippen LogP) is 4.89. The summed E-state index contributed by atoms with van der Waals surface area (Å²) in [5, 5.41) is 17.3. The van der Waals surface area contributed by atoms with Gasteiger partial charge in [0.2, 0.25) is 0 Å². The van der Waals surface area contributed by atoms with Crippen LogP contribution in [-0.2, 0) is 6.18 Å². The number of rotatable bonds is 4. The Morgan fingerprint density at radius 3 is 2.55 bits per heavy atom. The Morgan fingerprint density at radius 2 is 1.90 bits per heavy atom. The molecule has 6 nitrogen and oxygen atoms in total. The molecule has 3 rings (SSSR count). The number of amides is 1. The number of aromatic nitrogens is 2. The van der Waals surface area contributed by atoms with Gasteiger partial charge in [0.1, 0.15) is 5.75 Å². The summed E-state index contributed by atoms with van der Waals surface area (Å²) in [6, 6.07) is 10.8. The first-order chi connectivity index (χ1) is 13.7. The van der Waals surface area contributed by atoms with E-state index in [0.29, 0.717) is 13.6 Å². The fraction of sp³-hybridized carbons (Fsp3) is 0.0556. The second-order valence-corrected chi connectivity index (χ2v) is 7.45. The fourth-order valence-corrected chi connectivity index (χ4v) is 3.72. The number of hydrogen-bond donors (Lipinski definition) is 2. The van der Waals surface area contributed by atoms with Gasteiger partial charge < -0.3 is 5.11 Å². The molecule has 0 saturated carbocycles. The molecule has 150 valence electrons. The number of hydrazone groups is 1. The van der Waals surface area contributed by atoms with Gasteiger partial charge in [0.15, 0.2) is 5.69 Å². The van der Waals surface area contributed by atoms with Gasteiger partial charge in [-0.25, -0.2) is 10.1 Å². The highest BCUT2D eigenvalue weighted by Crippen LogP contribution is 2.34. The smallest absolute Gasteiger partial charge is 0.434 e. The number of para-hydroxylation sites is 1. The SMILES string of the molecule is O=C(N/N=C\c1cc(Br)cc(Br)c1O)c1cnn(-c2ccccc2)c1C(F)(F)F. The molecule has 1 aromatic heterocycles. The number of phenolic OH excluding ortho intramolecular Hbond substituents is 1. The van der Waals surface area contributed by atoms with E-state index in [1.54, 1.807) is 24.3 Å². The van der Waals surface area contributed by atoms with Crippen LogP contribution in [0.2, 0.25) is 0 Å². The second kappa shape index (κ2) is 8.37. The highest BCUT2D eigenvalue weighted by atomic mass is 79.9. The van der Waals surface area contributed by atoms with E-state index in [0.717, 1.165) is 12.4 Å². The third-order valence-electron chi connectivity index (χ3n) is 3.71. The molecule has 3 aromatic rings. The highest BCUT2D eigenvalue weighted by molar-refractivity contribution is 9.11. The monoisotopic (exact) mass is 530 g/mol. The topological polar surface area (TPSA) is 79.5 Å². The van der Waals surface area contributed by atoms with Crippen LogP contribution in [0.4, 0.5) is 13.2 Å². The molecular formula is C18H11Br2F3N4O2. The molecule has 0 atom stereocenters. The van der Waals surface area contributed by atoms with E-state index in [9.17, 15) is 23.1 Å². The van der Waals surface area contributed by atoms with Crippen LogP contribution in [-0.4, -0.2) is 27.0 Å². The normalized spacial score (nSPS) is 11.8. The van der Waals surface area contributed by atoms with Crippen molar-refractivity contribution in [2.45, 2.75) is 6.18 Å². The first-order valence-electron chi connectivity index (χ1n) is 7.90. The predicted molar refractivity (Wildman–Crippen MR) is 107 cm³/mol. The van der Waals surface area contributed by atoms with Crippen LogP contribution in [0, 0.1) is 0 Å². The van der Waals surface area contributed by atoms with Crippen molar-refractivity contribution in [2.24, 2.45) is 5.10 Å². The van der Waals surface area contributed by atoms with E-state index < -0.39 is 23.3 Å². The molecule has 0 aliphatic carbocycles. The number of phenols is 1. The van der Waals surface area contributed by atoms with Crippen LogP contribution in [0.1, 0.15) is 21.6 Å². The summed E-state index contributed by atoms with van der Waals surface area (Å²) in [6.07, 6.45) is -2.89. The van der Waals surface area contributed by atoms with Crippen molar-refractivity contribution >= 4 is 44.0 Å². The van der Waals surface area contributed by atoms with Crippen molar-refractivity contribution in [3.8, 4) is 11.4 Å². The summed E-state index contributed by atoms with van der Waals surface area (Å²) in [5.74, 6) is -1.23. The number of halogens is 5. The second-order valence-electron chi connectivity index (χ2n) is 5.68. The average molecular weight is 532 g/mol. The molecule has 0 radical (unpaired) electrons. The molecule has 11 heteroatoms. The van der Waals surface area contributed by atoms with Crippen LogP contribution in [0.5, 0.6) is 5.75 Å². The van der Waals surface area contributed by atoms with Crippen molar-refractivity contribution < 1.29 is 23.1 Å². The van der Waals surface area contributed by atoms with Crippen LogP contribution >= 0.6 is 31.9 Å². The molecule has 0 saturated heterocycles. The van der Waals surface area contributed by atoms with Crippen LogP contribution in [0.3, 0.4) is 0 Å². The van der Waals surface area contributed by atoms with E-state index in [4.69, 9.17) is 0 Å². The lowest BCUT2D eigenvalue weighted by Gasteiger charge is -2.12. The maximum Gasteiger partial charge on any atom is 0.434 e. The zero-order valence-electron chi connectivity index (χ0n) is 14.3. The molecular weight excluding hydrogens is 521 g/mol. The maximum atomic E-state index is 13.6. The first kappa shape index (κ1) is 21.1. The fourth-order valence-electron chi connectivity index (χ4n) is 2.46. The molecule has 2 aromatic carbocycles. The van der Waals surface area contributed by atoms with Gasteiger partial charge in [-0.15, -0.1) is 0 Å². The number of nitrogens with one attached hydrogen (secondary N) is 1. The Hall–Kier alpha value is -2.66. The van der Waals surface area contributed by atoms with E-state index in [-0.39, 0.29) is 17.0 Å². The van der Waals surface area contributed by atoms with Gasteiger partial charge in [0.05, 0.1) is 28.1 Å². The molecule has 0 aliphatic rings. The lowest BCUT2D eigenvalue weighted by molar-refractivity contribution is -0.143. The third-order valence-corrected chi connectivity index (χ3v) is 4.77. The quantitative estimate of drug-likeness (QED) is 0.372. The maximum absolute atomic E-state index is 13.6. The van der Waals surface area contributed by atoms with Crippen LogP contribution < -0.4 is 5.43 Å². The molecule has 0 spiro atoms. The largest absolute Gasteiger partial charge is 0.506 e. The number of nitrogens with zero attached hydrogens (tertiary/aromatic N) is 3. The van der Waals surface area contributed by atoms with Crippen molar-refractivity contribution in [2.75, 3.05) is 0 Å². The number of carbonyl (C=O) groups excluding carboxylic acids is 1. The summed E-state index contributed by atoms with van der Waals surface area (Å²) in [7, 11) is 0. The van der Waals surface area contributed by atoms with Gasteiger partial charge in [0.25, 0.3) is 5.91 Å².